The van der Waals surface area contributed by atoms with E-state index < -0.39 is 0 Å². The second-order valence-corrected chi connectivity index (χ2v) is 7.80. The van der Waals surface area contributed by atoms with E-state index in [1.807, 2.05) is 31.2 Å². The molecule has 0 aliphatic heterocycles. The van der Waals surface area contributed by atoms with Crippen molar-refractivity contribution in [1.82, 2.24) is 25.6 Å². The molecule has 0 atom stereocenters. The molecule has 3 aromatic carbocycles. The van der Waals surface area contributed by atoms with E-state index in [1.54, 1.807) is 0 Å². The number of tetrazole rings is 1. The van der Waals surface area contributed by atoms with Gasteiger partial charge in [0.05, 0.1) is 5.52 Å². The number of para-hydroxylation sites is 1. The van der Waals surface area contributed by atoms with E-state index in [-0.39, 0.29) is 0 Å². The molecule has 0 aliphatic rings. The fourth-order valence-electron chi connectivity index (χ4n) is 3.93. The van der Waals surface area contributed by atoms with Crippen molar-refractivity contribution in [2.75, 3.05) is 5.32 Å². The van der Waals surface area contributed by atoms with Crippen molar-refractivity contribution >= 4 is 16.6 Å². The fourth-order valence-corrected chi connectivity index (χ4v) is 3.93. The number of hydrogen-bond acceptors (Lipinski definition) is 5. The van der Waals surface area contributed by atoms with Crippen molar-refractivity contribution in [1.29, 1.82) is 0 Å². The lowest BCUT2D eigenvalue weighted by Crippen LogP contribution is -2.02. The molecule has 2 heterocycles. The van der Waals surface area contributed by atoms with Gasteiger partial charge in [-0.25, -0.2) is 5.10 Å². The van der Waals surface area contributed by atoms with E-state index in [1.165, 1.54) is 5.56 Å². The van der Waals surface area contributed by atoms with Crippen LogP contribution >= 0.6 is 0 Å². The quantitative estimate of drug-likeness (QED) is 0.317. The van der Waals surface area contributed by atoms with E-state index in [9.17, 15) is 0 Å². The van der Waals surface area contributed by atoms with E-state index in [2.05, 4.69) is 92.7 Å². The van der Waals surface area contributed by atoms with E-state index >= 15 is 0 Å². The molecule has 6 heteroatoms. The van der Waals surface area contributed by atoms with Gasteiger partial charge >= 0.3 is 0 Å². The van der Waals surface area contributed by atoms with Crippen molar-refractivity contribution in [3.8, 4) is 22.5 Å². The highest BCUT2D eigenvalue weighted by Gasteiger charge is 2.10. The number of rotatable bonds is 7. The van der Waals surface area contributed by atoms with E-state index in [0.717, 1.165) is 51.9 Å². The fraction of sp³-hybridized carbons (Fsp3) is 0.111. The van der Waals surface area contributed by atoms with Crippen LogP contribution < -0.4 is 5.32 Å². The lowest BCUT2D eigenvalue weighted by molar-refractivity contribution is 0.881. The average molecular weight is 433 g/mol. The summed E-state index contributed by atoms with van der Waals surface area (Å²) < 4.78 is 0. The third-order valence-corrected chi connectivity index (χ3v) is 5.61. The molecule has 33 heavy (non-hydrogen) atoms. The second kappa shape index (κ2) is 9.44. The first-order valence-electron chi connectivity index (χ1n) is 11.0. The third kappa shape index (κ3) is 4.50. The number of benzene rings is 3. The molecule has 0 amide bonds. The summed E-state index contributed by atoms with van der Waals surface area (Å²) in [6.07, 6.45) is 5.01. The summed E-state index contributed by atoms with van der Waals surface area (Å²) in [6.45, 7) is 2.76. The Bertz CT molecular complexity index is 1390. The van der Waals surface area contributed by atoms with Gasteiger partial charge in [-0.2, -0.15) is 0 Å². The van der Waals surface area contributed by atoms with Crippen molar-refractivity contribution < 1.29 is 0 Å². The Hall–Kier alpha value is -4.32. The van der Waals surface area contributed by atoms with Crippen LogP contribution in [0.4, 0.5) is 5.69 Å². The molecule has 5 rings (SSSR count). The number of allylic oxidation sites excluding steroid dienone is 2. The van der Waals surface area contributed by atoms with Crippen LogP contribution in [0.3, 0.4) is 0 Å². The van der Waals surface area contributed by atoms with Crippen molar-refractivity contribution in [2.45, 2.75) is 19.9 Å². The maximum absolute atomic E-state index is 4.80. The maximum atomic E-state index is 4.80. The third-order valence-electron chi connectivity index (χ3n) is 5.61. The number of nitrogens with zero attached hydrogens (tertiary/aromatic N) is 4. The number of pyridine rings is 1. The maximum Gasteiger partial charge on any atom is 0.180 e. The molecule has 0 bridgehead atoms. The number of aromatic amines is 1. The Labute approximate surface area is 192 Å². The summed E-state index contributed by atoms with van der Waals surface area (Å²) in [5, 5.41) is 19.1. The number of H-pyrrole nitrogens is 1. The molecular formula is C27H24N6. The van der Waals surface area contributed by atoms with Crippen LogP contribution in [0.2, 0.25) is 0 Å². The van der Waals surface area contributed by atoms with Crippen LogP contribution in [0, 0.1) is 0 Å². The first kappa shape index (κ1) is 20.6. The summed E-state index contributed by atoms with van der Waals surface area (Å²) in [6, 6.07) is 27.1. The molecule has 6 nitrogen and oxygen atoms in total. The minimum Gasteiger partial charge on any atom is -0.380 e. The number of nitrogens with one attached hydrogen (secondary N) is 2. The molecule has 0 unspecified atom stereocenters. The summed E-state index contributed by atoms with van der Waals surface area (Å²) in [4.78, 5) is 4.80. The largest absolute Gasteiger partial charge is 0.380 e. The molecule has 2 N–H and O–H groups in total. The van der Waals surface area contributed by atoms with Gasteiger partial charge in [-0.15, -0.1) is 5.10 Å². The summed E-state index contributed by atoms with van der Waals surface area (Å²) in [5.74, 6) is 0.662. The van der Waals surface area contributed by atoms with Gasteiger partial charge in [0.1, 0.15) is 0 Å². The Morgan fingerprint density at radius 1 is 0.909 bits per heavy atom. The standard InChI is InChI=1S/C27H24N6/c1-2-3-8-21-17-26(24-11-6-7-12-25(24)29-21)28-18-19-13-15-20(16-14-19)22-9-4-5-10-23(22)27-30-32-33-31-27/h2-7,9-17H,8,18H2,1H3,(H,28,29)(H,30,31,32,33). The highest BCUT2D eigenvalue weighted by molar-refractivity contribution is 5.91. The van der Waals surface area contributed by atoms with Gasteiger partial charge in [0.2, 0.25) is 0 Å². The van der Waals surface area contributed by atoms with Crippen LogP contribution in [0.1, 0.15) is 18.2 Å². The molecule has 2 aromatic heterocycles. The van der Waals surface area contributed by atoms with Gasteiger partial charge < -0.3 is 5.32 Å². The Kier molecular flexibility index (Phi) is 5.89. The second-order valence-electron chi connectivity index (χ2n) is 7.80. The Balaban J connectivity index is 1.38. The predicted octanol–water partition coefficient (Wildman–Crippen LogP) is 5.81. The normalized spacial score (nSPS) is 11.3. The Morgan fingerprint density at radius 3 is 2.48 bits per heavy atom. The Morgan fingerprint density at radius 2 is 1.70 bits per heavy atom. The van der Waals surface area contributed by atoms with Crippen molar-refractivity contribution in [3.63, 3.8) is 0 Å². The van der Waals surface area contributed by atoms with Crippen LogP contribution in [0.25, 0.3) is 33.4 Å². The van der Waals surface area contributed by atoms with Gasteiger partial charge in [-0.3, -0.25) is 4.98 Å². The summed E-state index contributed by atoms with van der Waals surface area (Å²) >= 11 is 0. The topological polar surface area (TPSA) is 79.4 Å². The van der Waals surface area contributed by atoms with Crippen LogP contribution in [0.15, 0.2) is 91.0 Å². The highest BCUT2D eigenvalue weighted by Crippen LogP contribution is 2.30. The first-order chi connectivity index (χ1) is 16.3. The molecule has 0 radical (unpaired) electrons. The summed E-state index contributed by atoms with van der Waals surface area (Å²) in [5.41, 5.74) is 7.56. The molecule has 0 aliphatic carbocycles. The number of anilines is 1. The molecule has 0 saturated heterocycles. The van der Waals surface area contributed by atoms with Crippen molar-refractivity contribution in [3.05, 3.63) is 102 Å². The minimum absolute atomic E-state index is 0.662. The number of hydrogen-bond donors (Lipinski definition) is 2. The summed E-state index contributed by atoms with van der Waals surface area (Å²) in [7, 11) is 0. The van der Waals surface area contributed by atoms with Gasteiger partial charge in [0.15, 0.2) is 5.82 Å². The predicted molar refractivity (Wildman–Crippen MR) is 133 cm³/mol. The van der Waals surface area contributed by atoms with Gasteiger partial charge in [-0.1, -0.05) is 78.9 Å². The zero-order valence-electron chi connectivity index (χ0n) is 18.4. The van der Waals surface area contributed by atoms with Crippen LogP contribution in [-0.2, 0) is 13.0 Å². The smallest absolute Gasteiger partial charge is 0.180 e. The molecular weight excluding hydrogens is 408 g/mol. The monoisotopic (exact) mass is 432 g/mol. The number of fused-ring (bicyclic) bond motifs is 1. The zero-order chi connectivity index (χ0) is 22.5. The first-order valence-corrected chi connectivity index (χ1v) is 11.0. The molecule has 0 fully saturated rings. The van der Waals surface area contributed by atoms with Crippen LogP contribution in [-0.4, -0.2) is 25.6 Å². The molecule has 162 valence electrons. The zero-order valence-corrected chi connectivity index (χ0v) is 18.4. The number of aromatic nitrogens is 5. The minimum atomic E-state index is 0.662. The van der Waals surface area contributed by atoms with E-state index in [0.29, 0.717) is 5.82 Å². The van der Waals surface area contributed by atoms with Gasteiger partial charge in [-0.05, 0) is 46.2 Å². The molecule has 0 saturated carbocycles. The average Bonchev–Trinajstić information content (AvgIpc) is 3.41. The molecule has 5 aromatic rings. The van der Waals surface area contributed by atoms with Crippen molar-refractivity contribution in [2.24, 2.45) is 0 Å². The van der Waals surface area contributed by atoms with Crippen LogP contribution in [0.5, 0.6) is 0 Å². The van der Waals surface area contributed by atoms with Gasteiger partial charge in [0.25, 0.3) is 0 Å². The van der Waals surface area contributed by atoms with Gasteiger partial charge in [0, 0.05) is 35.3 Å². The van der Waals surface area contributed by atoms with E-state index in [4.69, 9.17) is 4.98 Å². The lowest BCUT2D eigenvalue weighted by Gasteiger charge is -2.12. The molecule has 0 spiro atoms. The lowest BCUT2D eigenvalue weighted by atomic mass is 9.98. The SMILES string of the molecule is CC=CCc1cc(NCc2ccc(-c3ccccc3-c3nnn[nH]3)cc2)c2ccccc2n1. The highest BCUT2D eigenvalue weighted by atomic mass is 15.5.